The Bertz CT molecular complexity index is 888. The summed E-state index contributed by atoms with van der Waals surface area (Å²) >= 11 is 0. The van der Waals surface area contributed by atoms with E-state index >= 15 is 0 Å². The van der Waals surface area contributed by atoms with Gasteiger partial charge < -0.3 is 14.5 Å². The predicted molar refractivity (Wildman–Crippen MR) is 110 cm³/mol. The quantitative estimate of drug-likeness (QED) is 0.673. The molecule has 1 aliphatic carbocycles. The molecule has 4 aliphatic rings. The Hall–Kier alpha value is -1.78. The molecule has 1 aromatic rings. The molecule has 4 heterocycles. The van der Waals surface area contributed by atoms with Crippen LogP contribution in [0.5, 0.6) is 0 Å². The maximum atomic E-state index is 13.8. The van der Waals surface area contributed by atoms with Gasteiger partial charge >= 0.3 is 0 Å². The minimum absolute atomic E-state index is 0.0762. The molecule has 0 N–H and O–H groups in total. The van der Waals surface area contributed by atoms with Crippen LogP contribution in [0.25, 0.3) is 0 Å². The average molecular weight is 436 g/mol. The van der Waals surface area contributed by atoms with Gasteiger partial charge in [0.05, 0.1) is 23.9 Å². The van der Waals surface area contributed by atoms with E-state index in [0.29, 0.717) is 71.3 Å². The lowest BCUT2D eigenvalue weighted by molar-refractivity contribution is -0.147. The first-order valence-corrected chi connectivity index (χ1v) is 12.4. The molecule has 0 spiro atoms. The highest BCUT2D eigenvalue weighted by atomic mass is 32.2. The standard InChI is InChI=1S/C20H29N5O4S/c26-18(23-9-11-29-12-10-23)20-5-1-8-25(30(27,28)17-3-4-17)14-16(20)13-24(15-20)19-21-6-2-7-22-19/h2,6-7,16-17H,1,3-5,8-15H2/t16-,20+/m1/s1. The molecule has 164 valence electrons. The van der Waals surface area contributed by atoms with Crippen molar-refractivity contribution in [3.05, 3.63) is 18.5 Å². The van der Waals surface area contributed by atoms with E-state index in [-0.39, 0.29) is 17.1 Å². The van der Waals surface area contributed by atoms with Crippen LogP contribution in [0, 0.1) is 11.3 Å². The minimum Gasteiger partial charge on any atom is -0.378 e. The lowest BCUT2D eigenvalue weighted by Crippen LogP contribution is -2.53. The Morgan fingerprint density at radius 2 is 1.83 bits per heavy atom. The second-order valence-corrected chi connectivity index (χ2v) is 11.1. The number of amides is 1. The minimum atomic E-state index is -3.27. The summed E-state index contributed by atoms with van der Waals surface area (Å²) in [6.45, 7) is 4.35. The summed E-state index contributed by atoms with van der Waals surface area (Å²) in [7, 11) is -3.27. The molecule has 0 bridgehead atoms. The van der Waals surface area contributed by atoms with E-state index in [9.17, 15) is 13.2 Å². The van der Waals surface area contributed by atoms with Gasteiger partial charge in [0.1, 0.15) is 0 Å². The molecule has 2 atom stereocenters. The Labute approximate surface area is 177 Å². The first-order chi connectivity index (χ1) is 14.5. The molecule has 1 saturated carbocycles. The first kappa shape index (κ1) is 20.1. The lowest BCUT2D eigenvalue weighted by Gasteiger charge is -2.38. The molecule has 3 saturated heterocycles. The lowest BCUT2D eigenvalue weighted by atomic mass is 9.73. The van der Waals surface area contributed by atoms with Gasteiger partial charge in [-0.2, -0.15) is 0 Å². The zero-order valence-corrected chi connectivity index (χ0v) is 18.0. The third kappa shape index (κ3) is 3.48. The van der Waals surface area contributed by atoms with Crippen LogP contribution in [0.15, 0.2) is 18.5 Å². The van der Waals surface area contributed by atoms with Crippen molar-refractivity contribution < 1.29 is 17.9 Å². The monoisotopic (exact) mass is 435 g/mol. The van der Waals surface area contributed by atoms with Crippen molar-refractivity contribution in [1.29, 1.82) is 0 Å². The molecule has 30 heavy (non-hydrogen) atoms. The topological polar surface area (TPSA) is 95.9 Å². The van der Waals surface area contributed by atoms with Gasteiger partial charge in [-0.05, 0) is 31.7 Å². The summed E-state index contributed by atoms with van der Waals surface area (Å²) in [5.41, 5.74) is -0.607. The highest BCUT2D eigenvalue weighted by Crippen LogP contribution is 2.46. The number of ether oxygens (including phenoxy) is 1. The number of aromatic nitrogens is 2. The van der Waals surface area contributed by atoms with Crippen LogP contribution in [-0.4, -0.2) is 91.2 Å². The second-order valence-electron chi connectivity index (χ2n) is 8.89. The molecular formula is C20H29N5O4S. The Morgan fingerprint density at radius 3 is 2.53 bits per heavy atom. The van der Waals surface area contributed by atoms with Crippen LogP contribution >= 0.6 is 0 Å². The fourth-order valence-electron chi connectivity index (χ4n) is 5.24. The molecular weight excluding hydrogens is 406 g/mol. The van der Waals surface area contributed by atoms with Crippen LogP contribution < -0.4 is 4.90 Å². The van der Waals surface area contributed by atoms with Gasteiger partial charge in [0.25, 0.3) is 0 Å². The van der Waals surface area contributed by atoms with Crippen molar-refractivity contribution in [2.45, 2.75) is 30.9 Å². The Kier molecular flexibility index (Phi) is 5.19. The van der Waals surface area contributed by atoms with Gasteiger partial charge in [0.15, 0.2) is 0 Å². The van der Waals surface area contributed by atoms with Crippen LogP contribution in [0.3, 0.4) is 0 Å². The molecule has 10 heteroatoms. The molecule has 9 nitrogen and oxygen atoms in total. The van der Waals surface area contributed by atoms with Crippen LogP contribution in [-0.2, 0) is 19.6 Å². The maximum Gasteiger partial charge on any atom is 0.231 e. The Balaban J connectivity index is 1.47. The fraction of sp³-hybridized carbons (Fsp3) is 0.750. The number of nitrogens with zero attached hydrogens (tertiary/aromatic N) is 5. The van der Waals surface area contributed by atoms with Gasteiger partial charge in [-0.25, -0.2) is 22.7 Å². The number of fused-ring (bicyclic) bond motifs is 1. The van der Waals surface area contributed by atoms with E-state index in [2.05, 4.69) is 14.9 Å². The third-order valence-corrected chi connectivity index (χ3v) is 9.38. The second kappa shape index (κ2) is 7.72. The smallest absolute Gasteiger partial charge is 0.231 e. The van der Waals surface area contributed by atoms with Crippen molar-refractivity contribution in [2.24, 2.45) is 11.3 Å². The molecule has 0 radical (unpaired) electrons. The van der Waals surface area contributed by atoms with E-state index < -0.39 is 15.4 Å². The number of hydrogen-bond acceptors (Lipinski definition) is 7. The maximum absolute atomic E-state index is 13.8. The number of rotatable bonds is 4. The van der Waals surface area contributed by atoms with Crippen molar-refractivity contribution in [3.63, 3.8) is 0 Å². The van der Waals surface area contributed by atoms with Crippen LogP contribution in [0.2, 0.25) is 0 Å². The summed E-state index contributed by atoms with van der Waals surface area (Å²) in [5.74, 6) is 0.670. The SMILES string of the molecule is O=C(N1CCOCC1)[C@]12CCCN(S(=O)(=O)C3CC3)C[C@H]1CN(c1ncccn1)C2. The molecule has 1 amide bonds. The first-order valence-electron chi connectivity index (χ1n) is 10.9. The Morgan fingerprint density at radius 1 is 1.10 bits per heavy atom. The summed E-state index contributed by atoms with van der Waals surface area (Å²) in [6.07, 6.45) is 6.31. The van der Waals surface area contributed by atoms with E-state index in [1.807, 2.05) is 4.90 Å². The third-order valence-electron chi connectivity index (χ3n) is 7.01. The van der Waals surface area contributed by atoms with Crippen molar-refractivity contribution in [2.75, 3.05) is 57.4 Å². The van der Waals surface area contributed by atoms with Crippen molar-refractivity contribution in [3.8, 4) is 0 Å². The van der Waals surface area contributed by atoms with Crippen LogP contribution in [0.1, 0.15) is 25.7 Å². The van der Waals surface area contributed by atoms with Crippen LogP contribution in [0.4, 0.5) is 5.95 Å². The number of carbonyl (C=O) groups excluding carboxylic acids is 1. The van der Waals surface area contributed by atoms with Gasteiger partial charge in [-0.15, -0.1) is 0 Å². The summed E-state index contributed by atoms with van der Waals surface area (Å²) < 4.78 is 33.1. The molecule has 0 aromatic carbocycles. The largest absolute Gasteiger partial charge is 0.378 e. The predicted octanol–water partition coefficient (Wildman–Crippen LogP) is 0.346. The molecule has 5 rings (SSSR count). The van der Waals surface area contributed by atoms with Crippen molar-refractivity contribution >= 4 is 21.9 Å². The summed E-state index contributed by atoms with van der Waals surface area (Å²) in [6, 6.07) is 1.77. The number of morpholine rings is 1. The average Bonchev–Trinajstić information content (AvgIpc) is 3.60. The highest BCUT2D eigenvalue weighted by molar-refractivity contribution is 7.90. The number of anilines is 1. The van der Waals surface area contributed by atoms with E-state index in [4.69, 9.17) is 4.74 Å². The van der Waals surface area contributed by atoms with Gasteiger partial charge in [0.2, 0.25) is 21.9 Å². The van der Waals surface area contributed by atoms with E-state index in [1.54, 1.807) is 22.8 Å². The zero-order chi connectivity index (χ0) is 20.8. The normalized spacial score (nSPS) is 30.7. The van der Waals surface area contributed by atoms with E-state index in [1.165, 1.54) is 0 Å². The van der Waals surface area contributed by atoms with E-state index in [0.717, 1.165) is 12.8 Å². The highest BCUT2D eigenvalue weighted by Gasteiger charge is 2.56. The fourth-order valence-corrected chi connectivity index (χ4v) is 7.17. The number of sulfonamides is 1. The van der Waals surface area contributed by atoms with Gasteiger partial charge in [0, 0.05) is 57.6 Å². The van der Waals surface area contributed by atoms with Gasteiger partial charge in [-0.3, -0.25) is 4.79 Å². The molecule has 1 aromatic heterocycles. The summed E-state index contributed by atoms with van der Waals surface area (Å²) in [5, 5.41) is -0.227. The number of carbonyl (C=O) groups is 1. The molecule has 3 aliphatic heterocycles. The molecule has 4 fully saturated rings. The molecule has 0 unspecified atom stereocenters. The van der Waals surface area contributed by atoms with Gasteiger partial charge in [-0.1, -0.05) is 0 Å². The zero-order valence-electron chi connectivity index (χ0n) is 17.1. The van der Waals surface area contributed by atoms with Crippen molar-refractivity contribution in [1.82, 2.24) is 19.2 Å². The summed E-state index contributed by atoms with van der Waals surface area (Å²) in [4.78, 5) is 26.6. The number of hydrogen-bond donors (Lipinski definition) is 0.